The lowest BCUT2D eigenvalue weighted by atomic mass is 10.1. The Labute approximate surface area is 139 Å². The second kappa shape index (κ2) is 5.41. The first kappa shape index (κ1) is 14.2. The van der Waals surface area contributed by atoms with Crippen LogP contribution in [0.15, 0.2) is 25.0 Å². The Hall–Kier alpha value is -2.22. The van der Waals surface area contributed by atoms with E-state index in [0.717, 1.165) is 38.7 Å². The van der Waals surface area contributed by atoms with Crippen LogP contribution in [0.4, 0.5) is 0 Å². The summed E-state index contributed by atoms with van der Waals surface area (Å²) in [6, 6.07) is 0. The number of ether oxygens (including phenoxy) is 1. The highest BCUT2D eigenvalue weighted by atomic mass is 16.5. The monoisotopic (exact) mass is 328 g/mol. The van der Waals surface area contributed by atoms with Crippen molar-refractivity contribution < 1.29 is 9.53 Å². The van der Waals surface area contributed by atoms with Crippen molar-refractivity contribution in [1.82, 2.24) is 29.2 Å². The molecule has 1 saturated carbocycles. The molecule has 1 amide bonds. The van der Waals surface area contributed by atoms with Gasteiger partial charge in [0, 0.05) is 43.9 Å². The maximum absolute atomic E-state index is 13.0. The first-order valence-electron chi connectivity index (χ1n) is 8.48. The Morgan fingerprint density at radius 2 is 2.17 bits per heavy atom. The third-order valence-electron chi connectivity index (χ3n) is 5.53. The van der Waals surface area contributed by atoms with E-state index < -0.39 is 0 Å². The van der Waals surface area contributed by atoms with Gasteiger partial charge in [0.25, 0.3) is 0 Å². The number of rotatable bonds is 3. The first-order valence-corrected chi connectivity index (χ1v) is 8.48. The van der Waals surface area contributed by atoms with Gasteiger partial charge < -0.3 is 14.2 Å². The number of imidazole rings is 1. The fraction of sp³-hybridized carbons (Fsp3) is 0.625. The molecule has 2 aromatic rings. The average Bonchev–Trinajstić information content (AvgIpc) is 3.05. The summed E-state index contributed by atoms with van der Waals surface area (Å²) in [4.78, 5) is 23.5. The molecule has 0 bridgehead atoms. The number of nitrogens with zero attached hydrogens (tertiary/aromatic N) is 6. The fourth-order valence-corrected chi connectivity index (χ4v) is 4.23. The predicted molar refractivity (Wildman–Crippen MR) is 82.4 cm³/mol. The van der Waals surface area contributed by atoms with Gasteiger partial charge in [-0.2, -0.15) is 5.10 Å². The van der Waals surface area contributed by atoms with Gasteiger partial charge in [-0.05, 0) is 11.8 Å². The summed E-state index contributed by atoms with van der Waals surface area (Å²) in [6.07, 6.45) is 7.09. The molecule has 0 spiro atoms. The summed E-state index contributed by atoms with van der Waals surface area (Å²) in [6.45, 7) is 4.41. The summed E-state index contributed by atoms with van der Waals surface area (Å²) in [5.74, 6) is 2.57. The van der Waals surface area contributed by atoms with Crippen LogP contribution >= 0.6 is 0 Å². The van der Waals surface area contributed by atoms with E-state index >= 15 is 0 Å². The molecular formula is C16H20N6O2. The zero-order chi connectivity index (χ0) is 16.1. The minimum Gasteiger partial charge on any atom is -0.381 e. The van der Waals surface area contributed by atoms with Crippen molar-refractivity contribution in [3.8, 4) is 0 Å². The largest absolute Gasteiger partial charge is 0.381 e. The van der Waals surface area contributed by atoms with Crippen LogP contribution in [-0.4, -0.2) is 54.9 Å². The maximum atomic E-state index is 13.0. The van der Waals surface area contributed by atoms with E-state index in [1.807, 2.05) is 22.0 Å². The van der Waals surface area contributed by atoms with Crippen LogP contribution in [-0.2, 0) is 29.2 Å². The van der Waals surface area contributed by atoms with E-state index in [2.05, 4.69) is 19.6 Å². The van der Waals surface area contributed by atoms with Crippen LogP contribution in [0.3, 0.4) is 0 Å². The SMILES string of the molecule is O=C(C1[C@H]2COC[C@@H]12)N1Cc2nccn2CC(Cn2cncn2)C1. The smallest absolute Gasteiger partial charge is 0.226 e. The molecule has 1 aliphatic carbocycles. The number of hydrogen-bond donors (Lipinski definition) is 0. The molecule has 2 unspecified atom stereocenters. The minimum absolute atomic E-state index is 0.160. The second-order valence-electron chi connectivity index (χ2n) is 7.09. The lowest BCUT2D eigenvalue weighted by molar-refractivity contribution is -0.135. The molecule has 0 aromatic carbocycles. The molecule has 126 valence electrons. The minimum atomic E-state index is 0.160. The summed E-state index contributed by atoms with van der Waals surface area (Å²) in [5, 5.41) is 4.21. The van der Waals surface area contributed by atoms with Gasteiger partial charge in [0.2, 0.25) is 5.91 Å². The molecule has 3 aliphatic rings. The van der Waals surface area contributed by atoms with E-state index in [0.29, 0.717) is 24.3 Å². The number of hydrogen-bond acceptors (Lipinski definition) is 5. The topological polar surface area (TPSA) is 78.1 Å². The van der Waals surface area contributed by atoms with Gasteiger partial charge in [0.05, 0.1) is 19.8 Å². The maximum Gasteiger partial charge on any atom is 0.226 e. The molecule has 24 heavy (non-hydrogen) atoms. The molecule has 5 rings (SSSR count). The highest BCUT2D eigenvalue weighted by Gasteiger charge is 2.59. The molecule has 4 heterocycles. The fourth-order valence-electron chi connectivity index (χ4n) is 4.23. The van der Waals surface area contributed by atoms with Crippen molar-refractivity contribution in [2.24, 2.45) is 23.7 Å². The Balaban J connectivity index is 1.37. The van der Waals surface area contributed by atoms with Crippen LogP contribution in [0.1, 0.15) is 5.82 Å². The Morgan fingerprint density at radius 1 is 1.29 bits per heavy atom. The normalized spacial score (nSPS) is 31.4. The van der Waals surface area contributed by atoms with Gasteiger partial charge in [-0.3, -0.25) is 9.48 Å². The summed E-state index contributed by atoms with van der Waals surface area (Å²) in [5.41, 5.74) is 0. The molecule has 0 radical (unpaired) electrons. The van der Waals surface area contributed by atoms with E-state index in [1.54, 1.807) is 12.7 Å². The highest BCUT2D eigenvalue weighted by Crippen LogP contribution is 2.51. The molecule has 4 atom stereocenters. The number of aromatic nitrogens is 5. The third-order valence-corrected chi connectivity index (χ3v) is 5.53. The zero-order valence-corrected chi connectivity index (χ0v) is 13.4. The molecule has 1 saturated heterocycles. The van der Waals surface area contributed by atoms with Crippen LogP contribution in [0.5, 0.6) is 0 Å². The molecule has 2 aromatic heterocycles. The molecule has 2 fully saturated rings. The molecule has 8 heteroatoms. The van der Waals surface area contributed by atoms with Crippen molar-refractivity contribution in [3.63, 3.8) is 0 Å². The van der Waals surface area contributed by atoms with Crippen molar-refractivity contribution in [2.45, 2.75) is 19.6 Å². The molecular weight excluding hydrogens is 308 g/mol. The van der Waals surface area contributed by atoms with Crippen molar-refractivity contribution in [1.29, 1.82) is 0 Å². The second-order valence-corrected chi connectivity index (χ2v) is 7.09. The lowest BCUT2D eigenvalue weighted by Crippen LogP contribution is -2.37. The van der Waals surface area contributed by atoms with Crippen molar-refractivity contribution in [2.75, 3.05) is 19.8 Å². The van der Waals surface area contributed by atoms with E-state index in [-0.39, 0.29) is 11.8 Å². The van der Waals surface area contributed by atoms with E-state index in [9.17, 15) is 4.79 Å². The zero-order valence-electron chi connectivity index (χ0n) is 13.4. The summed E-state index contributed by atoms with van der Waals surface area (Å²) in [7, 11) is 0. The molecule has 2 aliphatic heterocycles. The van der Waals surface area contributed by atoms with Crippen LogP contribution < -0.4 is 0 Å². The molecule has 0 N–H and O–H groups in total. The summed E-state index contributed by atoms with van der Waals surface area (Å²) < 4.78 is 9.43. The summed E-state index contributed by atoms with van der Waals surface area (Å²) >= 11 is 0. The van der Waals surface area contributed by atoms with Gasteiger partial charge in [0.15, 0.2) is 0 Å². The number of amides is 1. The third kappa shape index (κ3) is 2.32. The Bertz CT molecular complexity index is 732. The first-order chi connectivity index (χ1) is 11.8. The van der Waals surface area contributed by atoms with Crippen LogP contribution in [0.2, 0.25) is 0 Å². The van der Waals surface area contributed by atoms with Crippen molar-refractivity contribution >= 4 is 5.91 Å². The number of carbonyl (C=O) groups is 1. The number of fused-ring (bicyclic) bond motifs is 2. The average molecular weight is 328 g/mol. The Morgan fingerprint density at radius 3 is 2.96 bits per heavy atom. The predicted octanol–water partition coefficient (Wildman–Crippen LogP) is 0.0256. The highest BCUT2D eigenvalue weighted by molar-refractivity contribution is 5.82. The van der Waals surface area contributed by atoms with Gasteiger partial charge in [0.1, 0.15) is 18.5 Å². The van der Waals surface area contributed by atoms with Crippen LogP contribution in [0.25, 0.3) is 0 Å². The Kier molecular flexibility index (Phi) is 3.19. The van der Waals surface area contributed by atoms with Crippen LogP contribution in [0, 0.1) is 23.7 Å². The quantitative estimate of drug-likeness (QED) is 0.794. The van der Waals surface area contributed by atoms with Gasteiger partial charge in [-0.1, -0.05) is 0 Å². The van der Waals surface area contributed by atoms with E-state index in [4.69, 9.17) is 4.74 Å². The van der Waals surface area contributed by atoms with Gasteiger partial charge in [-0.25, -0.2) is 9.97 Å². The standard InChI is InChI=1S/C16H20N6O2/c23-16(15-12-7-24-8-13(12)15)21-4-11(5-22-10-17-9-19-22)3-20-2-1-18-14(20)6-21/h1-2,9-13,15H,3-8H2/t11?,12-,13+,15?. The van der Waals surface area contributed by atoms with E-state index in [1.165, 1.54) is 0 Å². The van der Waals surface area contributed by atoms with Gasteiger partial charge in [-0.15, -0.1) is 0 Å². The van der Waals surface area contributed by atoms with Gasteiger partial charge >= 0.3 is 0 Å². The molecule has 8 nitrogen and oxygen atoms in total. The lowest BCUT2D eigenvalue weighted by Gasteiger charge is -2.24. The number of carbonyl (C=O) groups excluding carboxylic acids is 1. The van der Waals surface area contributed by atoms with Crippen molar-refractivity contribution in [3.05, 3.63) is 30.9 Å².